The molecule has 0 aromatic heterocycles. The van der Waals surface area contributed by atoms with Crippen molar-refractivity contribution in [2.24, 2.45) is 5.73 Å². The van der Waals surface area contributed by atoms with Crippen molar-refractivity contribution in [2.75, 3.05) is 26.4 Å². The second-order valence-corrected chi connectivity index (χ2v) is 21.7. The van der Waals surface area contributed by atoms with Crippen LogP contribution in [0, 0.1) is 0 Å². The smallest absolute Gasteiger partial charge is 0.462 e. The van der Waals surface area contributed by atoms with Gasteiger partial charge in [-0.05, 0) is 51.4 Å². The number of carbonyl (C=O) groups excluding carboxylic acids is 2. The summed E-state index contributed by atoms with van der Waals surface area (Å²) in [4.78, 5) is 35.2. The molecule has 2 unspecified atom stereocenters. The summed E-state index contributed by atoms with van der Waals surface area (Å²) in [6, 6.07) is 0. The number of allylic oxidation sites excluding steroid dienone is 8. The first kappa shape index (κ1) is 69.0. The first-order valence-electron chi connectivity index (χ1n) is 30.1. The number of phosphoric ester groups is 1. The molecule has 3 N–H and O–H groups in total. The minimum atomic E-state index is -4.39. The quantitative estimate of drug-likeness (QED) is 0.0264. The van der Waals surface area contributed by atoms with E-state index in [2.05, 4.69) is 62.5 Å². The predicted octanol–water partition coefficient (Wildman–Crippen LogP) is 19.0. The second-order valence-electron chi connectivity index (χ2n) is 20.2. The summed E-state index contributed by atoms with van der Waals surface area (Å²) in [5, 5.41) is 0. The summed E-state index contributed by atoms with van der Waals surface area (Å²) in [6.07, 6.45) is 70.3. The molecule has 0 aliphatic heterocycles. The van der Waals surface area contributed by atoms with E-state index in [1.165, 1.54) is 199 Å². The lowest BCUT2D eigenvalue weighted by Gasteiger charge is -2.19. The highest BCUT2D eigenvalue weighted by atomic mass is 31.2. The van der Waals surface area contributed by atoms with Crippen LogP contribution < -0.4 is 5.73 Å². The summed E-state index contributed by atoms with van der Waals surface area (Å²) in [7, 11) is -4.39. The van der Waals surface area contributed by atoms with Crippen LogP contribution in [0.4, 0.5) is 0 Å². The highest BCUT2D eigenvalue weighted by molar-refractivity contribution is 7.47. The van der Waals surface area contributed by atoms with Crippen molar-refractivity contribution in [1.29, 1.82) is 0 Å². The highest BCUT2D eigenvalue weighted by Crippen LogP contribution is 2.43. The molecule has 0 aromatic carbocycles. The fraction of sp³-hybridized carbons (Fsp3) is 0.836. The Hall–Kier alpha value is -2.03. The molecule has 0 saturated carbocycles. The van der Waals surface area contributed by atoms with Crippen LogP contribution in [0.2, 0.25) is 0 Å². The summed E-state index contributed by atoms with van der Waals surface area (Å²) in [5.74, 6) is -0.813. The number of carbonyl (C=O) groups is 2. The Morgan fingerprint density at radius 2 is 0.775 bits per heavy atom. The number of unbranched alkanes of at least 4 members (excludes halogenated alkanes) is 36. The lowest BCUT2D eigenvalue weighted by atomic mass is 10.0. The maximum atomic E-state index is 12.7. The van der Waals surface area contributed by atoms with Crippen LogP contribution in [0.25, 0.3) is 0 Å². The zero-order valence-corrected chi connectivity index (χ0v) is 47.4. The van der Waals surface area contributed by atoms with Gasteiger partial charge < -0.3 is 20.1 Å². The molecule has 0 aliphatic carbocycles. The van der Waals surface area contributed by atoms with Gasteiger partial charge in [0.05, 0.1) is 13.2 Å². The minimum absolute atomic E-state index is 0.0544. The summed E-state index contributed by atoms with van der Waals surface area (Å²) >= 11 is 0. The number of rotatable bonds is 57. The van der Waals surface area contributed by atoms with Gasteiger partial charge in [-0.2, -0.15) is 0 Å². The van der Waals surface area contributed by atoms with E-state index in [-0.39, 0.29) is 38.6 Å². The Kier molecular flexibility index (Phi) is 55.6. The molecule has 10 heteroatoms. The lowest BCUT2D eigenvalue weighted by Crippen LogP contribution is -2.29. The first-order valence-corrected chi connectivity index (χ1v) is 31.6. The average Bonchev–Trinajstić information content (AvgIpc) is 3.36. The van der Waals surface area contributed by atoms with Gasteiger partial charge in [0.1, 0.15) is 6.61 Å². The van der Waals surface area contributed by atoms with Crippen molar-refractivity contribution in [1.82, 2.24) is 0 Å². The molecule has 2 atom stereocenters. The van der Waals surface area contributed by atoms with Gasteiger partial charge in [-0.15, -0.1) is 0 Å². The van der Waals surface area contributed by atoms with Gasteiger partial charge in [0.2, 0.25) is 0 Å². The minimum Gasteiger partial charge on any atom is -0.462 e. The first-order chi connectivity index (χ1) is 34.8. The Labute approximate surface area is 438 Å². The van der Waals surface area contributed by atoms with Gasteiger partial charge in [0, 0.05) is 19.4 Å². The van der Waals surface area contributed by atoms with E-state index in [0.717, 1.165) is 64.2 Å². The summed E-state index contributed by atoms with van der Waals surface area (Å²) in [6.45, 7) is 3.68. The monoisotopic (exact) mass is 1020 g/mol. The number of hydrogen-bond donors (Lipinski definition) is 2. The number of ether oxygens (including phenoxy) is 2. The molecular weight excluding hydrogens is 906 g/mol. The van der Waals surface area contributed by atoms with Gasteiger partial charge in [-0.1, -0.05) is 281 Å². The third-order valence-electron chi connectivity index (χ3n) is 13.2. The molecule has 0 bridgehead atoms. The van der Waals surface area contributed by atoms with Crippen molar-refractivity contribution >= 4 is 19.8 Å². The van der Waals surface area contributed by atoms with Gasteiger partial charge in [0.15, 0.2) is 6.10 Å². The van der Waals surface area contributed by atoms with E-state index in [0.29, 0.717) is 6.42 Å². The number of hydrogen-bond acceptors (Lipinski definition) is 8. The molecule has 0 spiro atoms. The van der Waals surface area contributed by atoms with Crippen LogP contribution in [-0.2, 0) is 32.7 Å². The van der Waals surface area contributed by atoms with Gasteiger partial charge >= 0.3 is 19.8 Å². The van der Waals surface area contributed by atoms with Gasteiger partial charge in [0.25, 0.3) is 0 Å². The zero-order chi connectivity index (χ0) is 51.7. The number of esters is 2. The molecule has 0 radical (unpaired) electrons. The third kappa shape index (κ3) is 57.1. The normalized spacial score (nSPS) is 13.4. The zero-order valence-electron chi connectivity index (χ0n) is 46.5. The Balaban J connectivity index is 3.92. The fourth-order valence-electron chi connectivity index (χ4n) is 8.81. The maximum Gasteiger partial charge on any atom is 0.472 e. The molecule has 71 heavy (non-hydrogen) atoms. The van der Waals surface area contributed by atoms with Crippen molar-refractivity contribution in [2.45, 2.75) is 302 Å². The standard InChI is InChI=1S/C61H114NO8P/c1-3-5-7-9-11-13-15-17-19-21-23-25-27-28-29-30-32-34-36-38-40-42-44-46-48-50-52-54-61(64)70-59(58-69-71(65,66)68-56-55-62)57-67-60(63)53-51-49-47-45-43-41-39-37-35-33-31-26-24-22-20-18-16-14-12-10-8-6-4-2/h5,7,11,13,17,19,23,25,59H,3-4,6,8-10,12,14-16,18,20-22,24,26-58,62H2,1-2H3,(H,65,66)/b7-5-,13-11-,19-17-,25-23-. The molecule has 0 heterocycles. The van der Waals surface area contributed by atoms with E-state index in [1.807, 2.05) is 0 Å². The molecule has 0 rings (SSSR count). The number of nitrogens with two attached hydrogens (primary N) is 1. The fourth-order valence-corrected chi connectivity index (χ4v) is 9.57. The molecule has 0 aromatic rings. The van der Waals surface area contributed by atoms with E-state index in [9.17, 15) is 19.0 Å². The van der Waals surface area contributed by atoms with Gasteiger partial charge in [-0.25, -0.2) is 4.57 Å². The summed E-state index contributed by atoms with van der Waals surface area (Å²) < 4.78 is 33.1. The second kappa shape index (κ2) is 57.3. The van der Waals surface area contributed by atoms with Crippen molar-refractivity contribution in [3.8, 4) is 0 Å². The number of phosphoric acid groups is 1. The maximum absolute atomic E-state index is 12.7. The Morgan fingerprint density at radius 3 is 1.15 bits per heavy atom. The van der Waals surface area contributed by atoms with E-state index < -0.39 is 26.5 Å². The molecule has 9 nitrogen and oxygen atoms in total. The molecule has 416 valence electrons. The van der Waals surface area contributed by atoms with Crippen LogP contribution >= 0.6 is 7.82 Å². The van der Waals surface area contributed by atoms with Crippen molar-refractivity contribution in [3.05, 3.63) is 48.6 Å². The SMILES string of the molecule is CC/C=C\C/C=C\C/C=C\C/C=C\CCCCCCCCCCCCCCCCC(=O)OC(COC(=O)CCCCCCCCCCCCCCCCCCCCCCCCC)COP(=O)(O)OCCN. The Bertz CT molecular complexity index is 1300. The average molecular weight is 1020 g/mol. The molecule has 0 saturated heterocycles. The van der Waals surface area contributed by atoms with Crippen LogP contribution in [0.3, 0.4) is 0 Å². The lowest BCUT2D eigenvalue weighted by molar-refractivity contribution is -0.161. The molecular formula is C61H114NO8P. The molecule has 0 fully saturated rings. The molecule has 0 amide bonds. The van der Waals surface area contributed by atoms with Crippen molar-refractivity contribution in [3.63, 3.8) is 0 Å². The Morgan fingerprint density at radius 1 is 0.437 bits per heavy atom. The van der Waals surface area contributed by atoms with E-state index in [1.54, 1.807) is 0 Å². The third-order valence-corrected chi connectivity index (χ3v) is 14.2. The largest absolute Gasteiger partial charge is 0.472 e. The summed E-state index contributed by atoms with van der Waals surface area (Å²) in [5.41, 5.74) is 5.39. The van der Waals surface area contributed by atoms with E-state index in [4.69, 9.17) is 24.3 Å². The predicted molar refractivity (Wildman–Crippen MR) is 303 cm³/mol. The van der Waals surface area contributed by atoms with Crippen LogP contribution in [0.15, 0.2) is 48.6 Å². The topological polar surface area (TPSA) is 134 Å². The highest BCUT2D eigenvalue weighted by Gasteiger charge is 2.26. The van der Waals surface area contributed by atoms with Crippen LogP contribution in [-0.4, -0.2) is 49.3 Å². The van der Waals surface area contributed by atoms with Crippen LogP contribution in [0.1, 0.15) is 296 Å². The van der Waals surface area contributed by atoms with Crippen LogP contribution in [0.5, 0.6) is 0 Å². The molecule has 0 aliphatic rings. The van der Waals surface area contributed by atoms with E-state index >= 15 is 0 Å². The van der Waals surface area contributed by atoms with Crippen molar-refractivity contribution < 1.29 is 37.6 Å². The van der Waals surface area contributed by atoms with Gasteiger partial charge in [-0.3, -0.25) is 18.6 Å².